The Labute approximate surface area is 103 Å². The number of methoxy groups -OCH3 is 1. The number of nitrogens with zero attached hydrogens (tertiary/aromatic N) is 4. The highest BCUT2D eigenvalue weighted by Crippen LogP contribution is 2.20. The number of hydrogen-bond donors (Lipinski definition) is 1. The molecule has 6 nitrogen and oxygen atoms in total. The lowest BCUT2D eigenvalue weighted by molar-refractivity contribution is 0.199. The summed E-state index contributed by atoms with van der Waals surface area (Å²) < 4.78 is 8.91. The molecular weight excluding hydrogens is 238 g/mol. The van der Waals surface area contributed by atoms with Crippen LogP contribution in [0.4, 0.5) is 0 Å². The van der Waals surface area contributed by atoms with Crippen LogP contribution in [0.25, 0.3) is 11.4 Å². The lowest BCUT2D eigenvalue weighted by Crippen LogP contribution is -2.18. The van der Waals surface area contributed by atoms with E-state index in [0.29, 0.717) is 13.2 Å². The summed E-state index contributed by atoms with van der Waals surface area (Å²) in [6, 6.07) is 0. The van der Waals surface area contributed by atoms with Crippen LogP contribution in [-0.4, -0.2) is 39.8 Å². The molecule has 2 aromatic rings. The van der Waals surface area contributed by atoms with Gasteiger partial charge in [0.05, 0.1) is 17.7 Å². The van der Waals surface area contributed by atoms with Crippen molar-refractivity contribution < 1.29 is 4.74 Å². The second-order valence-electron chi connectivity index (χ2n) is 3.30. The Morgan fingerprint density at radius 3 is 3.12 bits per heavy atom. The third-order valence-corrected chi connectivity index (χ3v) is 2.85. The van der Waals surface area contributed by atoms with Gasteiger partial charge in [0.2, 0.25) is 0 Å². The fraction of sp³-hybridized carbons (Fsp3) is 0.400. The van der Waals surface area contributed by atoms with Crippen molar-refractivity contribution in [3.8, 4) is 11.4 Å². The van der Waals surface area contributed by atoms with E-state index in [-0.39, 0.29) is 0 Å². The molecule has 2 heterocycles. The standard InChI is InChI=1S/C10H13N5OS/c1-16-5-4-12-7-9-10(14-15-17-9)8-6-11-2-3-13-8/h2-3,6,12H,4-5,7H2,1H3. The van der Waals surface area contributed by atoms with Gasteiger partial charge < -0.3 is 10.1 Å². The molecule has 0 spiro atoms. The number of aromatic nitrogens is 4. The lowest BCUT2D eigenvalue weighted by Gasteiger charge is -2.02. The number of nitrogens with one attached hydrogen (secondary N) is 1. The molecule has 2 rings (SSSR count). The van der Waals surface area contributed by atoms with E-state index < -0.39 is 0 Å². The second kappa shape index (κ2) is 6.33. The van der Waals surface area contributed by atoms with Gasteiger partial charge in [-0.05, 0) is 11.5 Å². The van der Waals surface area contributed by atoms with Gasteiger partial charge >= 0.3 is 0 Å². The van der Waals surface area contributed by atoms with Crippen LogP contribution in [0.15, 0.2) is 18.6 Å². The minimum absolute atomic E-state index is 0.687. The molecule has 0 amide bonds. The summed E-state index contributed by atoms with van der Waals surface area (Å²) in [6.07, 6.45) is 4.98. The smallest absolute Gasteiger partial charge is 0.130 e. The fourth-order valence-electron chi connectivity index (χ4n) is 1.32. The topological polar surface area (TPSA) is 72.8 Å². The maximum absolute atomic E-state index is 4.96. The van der Waals surface area contributed by atoms with Crippen molar-refractivity contribution in [3.63, 3.8) is 0 Å². The highest BCUT2D eigenvalue weighted by atomic mass is 32.1. The predicted octanol–water partition coefficient (Wildman–Crippen LogP) is 0.731. The van der Waals surface area contributed by atoms with Gasteiger partial charge in [0.1, 0.15) is 11.4 Å². The molecular formula is C10H13N5OS. The first-order chi connectivity index (χ1) is 8.42. The molecule has 0 atom stereocenters. The molecule has 17 heavy (non-hydrogen) atoms. The Bertz CT molecular complexity index is 447. The van der Waals surface area contributed by atoms with Crippen LogP contribution in [0.2, 0.25) is 0 Å². The fourth-order valence-corrected chi connectivity index (χ4v) is 1.94. The largest absolute Gasteiger partial charge is 0.383 e. The molecule has 7 heteroatoms. The highest BCUT2D eigenvalue weighted by Gasteiger charge is 2.10. The first-order valence-electron chi connectivity index (χ1n) is 5.19. The third kappa shape index (κ3) is 3.26. The first kappa shape index (κ1) is 12.0. The van der Waals surface area contributed by atoms with Gasteiger partial charge in [-0.2, -0.15) is 0 Å². The van der Waals surface area contributed by atoms with E-state index in [9.17, 15) is 0 Å². The van der Waals surface area contributed by atoms with E-state index in [1.54, 1.807) is 25.7 Å². The summed E-state index contributed by atoms with van der Waals surface area (Å²) in [7, 11) is 1.68. The Hall–Kier alpha value is -1.44. The van der Waals surface area contributed by atoms with Crippen LogP contribution in [0.3, 0.4) is 0 Å². The van der Waals surface area contributed by atoms with E-state index in [1.165, 1.54) is 11.5 Å². The van der Waals surface area contributed by atoms with Crippen LogP contribution in [0.5, 0.6) is 0 Å². The monoisotopic (exact) mass is 251 g/mol. The molecule has 1 N–H and O–H groups in total. The summed E-state index contributed by atoms with van der Waals surface area (Å²) in [5.41, 5.74) is 1.55. The minimum Gasteiger partial charge on any atom is -0.383 e. The summed E-state index contributed by atoms with van der Waals surface area (Å²) in [5.74, 6) is 0. The zero-order valence-electron chi connectivity index (χ0n) is 9.46. The van der Waals surface area contributed by atoms with E-state index in [4.69, 9.17) is 4.74 Å². The van der Waals surface area contributed by atoms with Crippen LogP contribution < -0.4 is 5.32 Å². The average Bonchev–Trinajstić information content (AvgIpc) is 2.84. The molecule has 0 saturated heterocycles. The summed E-state index contributed by atoms with van der Waals surface area (Å²) in [5, 5.41) is 7.34. The molecule has 0 aromatic carbocycles. The van der Waals surface area contributed by atoms with Gasteiger partial charge in [0.15, 0.2) is 0 Å². The maximum atomic E-state index is 4.96. The molecule has 0 saturated carbocycles. The van der Waals surface area contributed by atoms with Gasteiger partial charge in [0, 0.05) is 32.6 Å². The summed E-state index contributed by atoms with van der Waals surface area (Å²) in [4.78, 5) is 9.30. The Morgan fingerprint density at radius 1 is 1.41 bits per heavy atom. The third-order valence-electron chi connectivity index (χ3n) is 2.13. The van der Waals surface area contributed by atoms with Crippen molar-refractivity contribution >= 4 is 11.5 Å². The van der Waals surface area contributed by atoms with Crippen molar-refractivity contribution in [3.05, 3.63) is 23.5 Å². The number of ether oxygens (including phenoxy) is 1. The Morgan fingerprint density at radius 2 is 2.35 bits per heavy atom. The van der Waals surface area contributed by atoms with Crippen LogP contribution >= 0.6 is 11.5 Å². The van der Waals surface area contributed by atoms with Crippen molar-refractivity contribution in [2.75, 3.05) is 20.3 Å². The van der Waals surface area contributed by atoms with Gasteiger partial charge in [-0.1, -0.05) is 4.49 Å². The highest BCUT2D eigenvalue weighted by molar-refractivity contribution is 7.05. The quantitative estimate of drug-likeness (QED) is 0.763. The molecule has 90 valence electrons. The van der Waals surface area contributed by atoms with Crippen molar-refractivity contribution in [2.24, 2.45) is 0 Å². The summed E-state index contributed by atoms with van der Waals surface area (Å²) in [6.45, 7) is 2.20. The van der Waals surface area contributed by atoms with Gasteiger partial charge in [0.25, 0.3) is 0 Å². The normalized spacial score (nSPS) is 10.6. The predicted molar refractivity (Wildman–Crippen MR) is 64.5 cm³/mol. The van der Waals surface area contributed by atoms with Crippen molar-refractivity contribution in [2.45, 2.75) is 6.54 Å². The van der Waals surface area contributed by atoms with E-state index in [0.717, 1.165) is 22.8 Å². The van der Waals surface area contributed by atoms with E-state index in [1.807, 2.05) is 0 Å². The molecule has 0 fully saturated rings. The van der Waals surface area contributed by atoms with Gasteiger partial charge in [-0.25, -0.2) is 0 Å². The minimum atomic E-state index is 0.687. The first-order valence-corrected chi connectivity index (χ1v) is 5.96. The zero-order chi connectivity index (χ0) is 11.9. The number of rotatable bonds is 6. The average molecular weight is 251 g/mol. The summed E-state index contributed by atoms with van der Waals surface area (Å²) >= 11 is 1.37. The Kier molecular flexibility index (Phi) is 4.48. The van der Waals surface area contributed by atoms with Crippen molar-refractivity contribution in [1.82, 2.24) is 24.9 Å². The molecule has 0 radical (unpaired) electrons. The zero-order valence-corrected chi connectivity index (χ0v) is 10.3. The van der Waals surface area contributed by atoms with E-state index in [2.05, 4.69) is 24.9 Å². The lowest BCUT2D eigenvalue weighted by atomic mass is 10.3. The molecule has 2 aromatic heterocycles. The number of hydrogen-bond acceptors (Lipinski definition) is 7. The molecule has 0 unspecified atom stereocenters. The van der Waals surface area contributed by atoms with Crippen molar-refractivity contribution in [1.29, 1.82) is 0 Å². The van der Waals surface area contributed by atoms with Crippen LogP contribution in [0, 0.1) is 0 Å². The van der Waals surface area contributed by atoms with Gasteiger partial charge in [-0.15, -0.1) is 5.10 Å². The molecule has 0 aliphatic rings. The molecule has 0 aliphatic carbocycles. The SMILES string of the molecule is COCCNCc1snnc1-c1cnccn1. The maximum Gasteiger partial charge on any atom is 0.130 e. The molecule has 0 aliphatic heterocycles. The van der Waals surface area contributed by atoms with E-state index >= 15 is 0 Å². The van der Waals surface area contributed by atoms with Gasteiger partial charge in [-0.3, -0.25) is 9.97 Å². The Balaban J connectivity index is 2.02. The van der Waals surface area contributed by atoms with Crippen LogP contribution in [-0.2, 0) is 11.3 Å². The molecule has 0 bridgehead atoms. The second-order valence-corrected chi connectivity index (χ2v) is 4.14. The van der Waals surface area contributed by atoms with Crippen LogP contribution in [0.1, 0.15) is 4.88 Å².